The number of anilines is 1. The van der Waals surface area contributed by atoms with Crippen LogP contribution < -0.4 is 21.0 Å². The van der Waals surface area contributed by atoms with E-state index in [2.05, 4.69) is 19.8 Å². The Morgan fingerprint density at radius 3 is 2.81 bits per heavy atom. The van der Waals surface area contributed by atoms with E-state index in [0.717, 1.165) is 0 Å². The Labute approximate surface area is 188 Å². The molecule has 1 aromatic heterocycles. The van der Waals surface area contributed by atoms with Gasteiger partial charge in [0.25, 0.3) is 0 Å². The zero-order chi connectivity index (χ0) is 23.3. The minimum atomic E-state index is -4.04. The Morgan fingerprint density at radius 1 is 1.44 bits per heavy atom. The molecule has 14 heteroatoms. The molecule has 0 aliphatic carbocycles. The summed E-state index contributed by atoms with van der Waals surface area (Å²) < 4.78 is 30.4. The van der Waals surface area contributed by atoms with Gasteiger partial charge in [0, 0.05) is 6.42 Å². The number of aliphatic hydroxyl groups is 1. The van der Waals surface area contributed by atoms with Gasteiger partial charge in [-0.2, -0.15) is 10.1 Å². The monoisotopic (exact) mass is 485 g/mol. The highest BCUT2D eigenvalue weighted by Crippen LogP contribution is 2.48. The molecule has 174 valence electrons. The third-order valence-electron chi connectivity index (χ3n) is 4.54. The fraction of sp³-hybridized carbons (Fsp3) is 0.444. The molecule has 4 N–H and O–H groups in total. The zero-order valence-electron chi connectivity index (χ0n) is 17.4. The van der Waals surface area contributed by atoms with Crippen LogP contribution in [0.15, 0.2) is 41.5 Å². The third-order valence-corrected chi connectivity index (χ3v) is 7.72. The Balaban J connectivity index is 1.71. The van der Waals surface area contributed by atoms with Crippen molar-refractivity contribution in [2.75, 3.05) is 19.5 Å². The van der Waals surface area contributed by atoms with E-state index in [1.807, 2.05) is 0 Å². The van der Waals surface area contributed by atoms with Crippen molar-refractivity contribution in [1.29, 1.82) is 0 Å². The molecule has 3 rings (SSSR count). The van der Waals surface area contributed by atoms with Gasteiger partial charge in [0.2, 0.25) is 5.95 Å². The lowest BCUT2D eigenvalue weighted by Gasteiger charge is -2.24. The average Bonchev–Trinajstić information content (AvgIpc) is 3.12. The number of nitrogen functional groups attached to an aromatic ring is 1. The number of aliphatic hydroxyl groups excluding tert-OH is 1. The summed E-state index contributed by atoms with van der Waals surface area (Å²) in [5.74, 6) is -0.522. The van der Waals surface area contributed by atoms with Crippen LogP contribution in [0.2, 0.25) is 0 Å². The molecule has 1 aliphatic rings. The van der Waals surface area contributed by atoms with Crippen LogP contribution in [0.5, 0.6) is 5.75 Å². The van der Waals surface area contributed by atoms with Crippen molar-refractivity contribution in [3.8, 4) is 5.75 Å². The lowest BCUT2D eigenvalue weighted by atomic mass is 10.2. The van der Waals surface area contributed by atoms with Gasteiger partial charge in [-0.1, -0.05) is 18.2 Å². The summed E-state index contributed by atoms with van der Waals surface area (Å²) in [6.45, 7) is 1.27. The normalized spacial score (nSPS) is 23.3. The zero-order valence-corrected chi connectivity index (χ0v) is 19.1. The van der Waals surface area contributed by atoms with E-state index in [4.69, 9.17) is 14.8 Å². The first kappa shape index (κ1) is 24.2. The fourth-order valence-corrected chi connectivity index (χ4v) is 5.98. The molecule has 1 fully saturated rings. The number of benzene rings is 1. The molecule has 2 heterocycles. The van der Waals surface area contributed by atoms with E-state index in [1.54, 1.807) is 30.3 Å². The number of methoxy groups -OCH3 is 1. The molecular formula is C18H24N5O7PS. The van der Waals surface area contributed by atoms with E-state index in [9.17, 15) is 19.3 Å². The largest absolute Gasteiger partial charge is 0.468 e. The van der Waals surface area contributed by atoms with Crippen LogP contribution in [-0.2, 0) is 18.6 Å². The second kappa shape index (κ2) is 10.5. The maximum Gasteiger partial charge on any atom is 0.459 e. The lowest BCUT2D eigenvalue weighted by molar-refractivity contribution is -0.142. The number of nitrogens with zero attached hydrogens (tertiary/aromatic N) is 3. The predicted octanol–water partition coefficient (Wildman–Crippen LogP) is 0.940. The standard InChI is InChI=1S/C18H24N5O7PS/c1-11(16(25)28-2)22-31(27,30-12-6-4-3-5-7-12)29-9-14-13(24)8-15(32-14)23-10-20-17(19)21-18(23)26/h3-7,10-11,13-15,24H,8-9H2,1-2H3,(H,22,27)(H2,19,21,26)/t11-,13?,14+,15+,31?/m0/s1. The molecule has 2 aromatic rings. The van der Waals surface area contributed by atoms with Crippen molar-refractivity contribution in [2.45, 2.75) is 36.1 Å². The van der Waals surface area contributed by atoms with Crippen molar-refractivity contribution < 1.29 is 28.3 Å². The van der Waals surface area contributed by atoms with Crippen LogP contribution in [0, 0.1) is 0 Å². The predicted molar refractivity (Wildman–Crippen MR) is 117 cm³/mol. The summed E-state index contributed by atoms with van der Waals surface area (Å²) in [7, 11) is -2.83. The molecular weight excluding hydrogens is 461 g/mol. The first-order valence-corrected chi connectivity index (χ1v) is 12.1. The van der Waals surface area contributed by atoms with Crippen molar-refractivity contribution in [2.24, 2.45) is 0 Å². The van der Waals surface area contributed by atoms with E-state index in [0.29, 0.717) is 0 Å². The molecule has 1 aromatic carbocycles. The third kappa shape index (κ3) is 6.08. The number of hydrogen-bond acceptors (Lipinski definition) is 11. The van der Waals surface area contributed by atoms with Gasteiger partial charge >= 0.3 is 19.4 Å². The highest BCUT2D eigenvalue weighted by Gasteiger charge is 2.39. The number of nitrogens with one attached hydrogen (secondary N) is 1. The van der Waals surface area contributed by atoms with Crippen LogP contribution in [0.3, 0.4) is 0 Å². The van der Waals surface area contributed by atoms with Crippen molar-refractivity contribution >= 4 is 31.4 Å². The molecule has 0 radical (unpaired) electrons. The second-order valence-electron chi connectivity index (χ2n) is 6.91. The smallest absolute Gasteiger partial charge is 0.459 e. The lowest BCUT2D eigenvalue weighted by Crippen LogP contribution is -2.35. The van der Waals surface area contributed by atoms with Gasteiger partial charge in [-0.25, -0.2) is 14.3 Å². The molecule has 0 spiro atoms. The van der Waals surface area contributed by atoms with Gasteiger partial charge in [0.1, 0.15) is 18.1 Å². The van der Waals surface area contributed by atoms with Crippen LogP contribution in [0.25, 0.3) is 0 Å². The minimum Gasteiger partial charge on any atom is -0.468 e. The first-order valence-electron chi connectivity index (χ1n) is 9.60. The molecule has 1 saturated heterocycles. The van der Waals surface area contributed by atoms with E-state index in [-0.39, 0.29) is 24.7 Å². The van der Waals surface area contributed by atoms with Crippen molar-refractivity contribution in [3.05, 3.63) is 47.1 Å². The van der Waals surface area contributed by atoms with Gasteiger partial charge in [0.15, 0.2) is 0 Å². The van der Waals surface area contributed by atoms with Gasteiger partial charge in [-0.3, -0.25) is 13.9 Å². The number of para-hydroxylation sites is 1. The SMILES string of the molecule is COC(=O)[C@H](C)NP(=O)(OC[C@H]1S[C@@H](n2cnc(N)nc2=O)CC1O)Oc1ccccc1. The van der Waals surface area contributed by atoms with Crippen LogP contribution in [0.1, 0.15) is 18.7 Å². The summed E-state index contributed by atoms with van der Waals surface area (Å²) in [5, 5.41) is 12.0. The number of carbonyl (C=O) groups is 1. The summed E-state index contributed by atoms with van der Waals surface area (Å²) in [5.41, 5.74) is 4.83. The number of hydrogen-bond donors (Lipinski definition) is 3. The number of aromatic nitrogens is 3. The molecule has 12 nitrogen and oxygen atoms in total. The fourth-order valence-electron chi connectivity index (χ4n) is 2.94. The summed E-state index contributed by atoms with van der Waals surface area (Å²) in [6, 6.07) is 7.34. The molecule has 1 aliphatic heterocycles. The number of nitrogens with two attached hydrogens (primary N) is 1. The number of carbonyl (C=O) groups excluding carboxylic acids is 1. The summed E-state index contributed by atoms with van der Waals surface area (Å²) in [6.07, 6.45) is 0.626. The van der Waals surface area contributed by atoms with Gasteiger partial charge < -0.3 is 20.1 Å². The highest BCUT2D eigenvalue weighted by molar-refractivity contribution is 8.00. The molecule has 2 unspecified atom stereocenters. The molecule has 0 saturated carbocycles. The maximum atomic E-state index is 13.4. The average molecular weight is 485 g/mol. The molecule has 0 bridgehead atoms. The second-order valence-corrected chi connectivity index (χ2v) is 10.0. The van der Waals surface area contributed by atoms with E-state index < -0.39 is 42.2 Å². The molecule has 32 heavy (non-hydrogen) atoms. The molecule has 5 atom stereocenters. The number of ether oxygens (including phenoxy) is 1. The first-order chi connectivity index (χ1) is 15.2. The topological polar surface area (TPSA) is 168 Å². The van der Waals surface area contributed by atoms with Crippen LogP contribution in [-0.4, -0.2) is 56.7 Å². The number of esters is 1. The number of rotatable bonds is 9. The van der Waals surface area contributed by atoms with Crippen molar-refractivity contribution in [3.63, 3.8) is 0 Å². The maximum absolute atomic E-state index is 13.4. The van der Waals surface area contributed by atoms with E-state index in [1.165, 1.54) is 36.7 Å². The Hall–Kier alpha value is -2.44. The Morgan fingerprint density at radius 2 is 2.16 bits per heavy atom. The van der Waals surface area contributed by atoms with Crippen LogP contribution >= 0.6 is 19.5 Å². The summed E-state index contributed by atoms with van der Waals surface area (Å²) in [4.78, 5) is 31.3. The minimum absolute atomic E-state index is 0.139. The van der Waals surface area contributed by atoms with E-state index >= 15 is 0 Å². The Bertz CT molecular complexity index is 1040. The van der Waals surface area contributed by atoms with Crippen LogP contribution in [0.4, 0.5) is 5.95 Å². The summed E-state index contributed by atoms with van der Waals surface area (Å²) >= 11 is 1.24. The van der Waals surface area contributed by atoms with Gasteiger partial charge in [-0.05, 0) is 19.1 Å². The molecule has 0 amide bonds. The Kier molecular flexibility index (Phi) is 7.91. The van der Waals surface area contributed by atoms with Gasteiger partial charge in [0.05, 0.1) is 30.4 Å². The highest BCUT2D eigenvalue weighted by atomic mass is 32.2. The number of thioether (sulfide) groups is 1. The van der Waals surface area contributed by atoms with Gasteiger partial charge in [-0.15, -0.1) is 11.8 Å². The quantitative estimate of drug-likeness (QED) is 0.340. The van der Waals surface area contributed by atoms with Crippen molar-refractivity contribution in [1.82, 2.24) is 19.6 Å².